The molecular weight excluding hydrogens is 390 g/mol. The number of aliphatic hydroxyl groups excluding tert-OH is 1. The lowest BCUT2D eigenvalue weighted by molar-refractivity contribution is 0.241. The molecule has 0 spiro atoms. The minimum Gasteiger partial charge on any atom is -0.508 e. The first-order chi connectivity index (χ1) is 12.9. The number of aromatic nitrogens is 2. The first-order valence-electron chi connectivity index (χ1n) is 7.65. The fourth-order valence-electron chi connectivity index (χ4n) is 2.46. The van der Waals surface area contributed by atoms with Crippen LogP contribution in [0.4, 0.5) is 0 Å². The van der Waals surface area contributed by atoms with Crippen LogP contribution in [0.3, 0.4) is 0 Å². The smallest absolute Gasteiger partial charge is 0.276 e. The Bertz CT molecular complexity index is 1120. The topological polar surface area (TPSA) is 137 Å². The molecule has 1 unspecified atom stereocenters. The minimum absolute atomic E-state index is 0.137. The predicted molar refractivity (Wildman–Crippen MR) is 107 cm³/mol. The highest BCUT2D eigenvalue weighted by atomic mass is 35.5. The molecule has 1 heterocycles. The van der Waals surface area contributed by atoms with Crippen molar-refractivity contribution in [2.75, 3.05) is 0 Å². The number of H-pyrrole nitrogens is 1. The maximum Gasteiger partial charge on any atom is 0.276 e. The van der Waals surface area contributed by atoms with Crippen LogP contribution in [0.2, 0.25) is 5.02 Å². The number of aromatic hydroxyl groups is 1. The van der Waals surface area contributed by atoms with E-state index >= 15 is 0 Å². The highest BCUT2D eigenvalue weighted by Crippen LogP contribution is 2.26. The van der Waals surface area contributed by atoms with Gasteiger partial charge in [0.1, 0.15) is 17.6 Å². The first kappa shape index (κ1) is 18.8. The number of hydrogen-bond acceptors (Lipinski definition) is 6. The number of thiocarbonyl (C=S) groups is 1. The molecule has 2 aromatic carbocycles. The fourth-order valence-corrected chi connectivity index (χ4v) is 2.67. The summed E-state index contributed by atoms with van der Waals surface area (Å²) < 4.78 is 0. The molecular formula is C17H14ClN5O3S. The summed E-state index contributed by atoms with van der Waals surface area (Å²) in [7, 11) is 0. The number of nitrogens with two attached hydrogens (primary N) is 1. The van der Waals surface area contributed by atoms with E-state index in [-0.39, 0.29) is 27.8 Å². The number of hydrazone groups is 1. The summed E-state index contributed by atoms with van der Waals surface area (Å²) in [6.07, 6.45) is -1.47. The van der Waals surface area contributed by atoms with Gasteiger partial charge in [0, 0.05) is 10.6 Å². The highest BCUT2D eigenvalue weighted by Gasteiger charge is 2.24. The zero-order valence-electron chi connectivity index (χ0n) is 13.7. The van der Waals surface area contributed by atoms with Gasteiger partial charge in [-0.05, 0) is 36.5 Å². The van der Waals surface area contributed by atoms with Gasteiger partial charge in [-0.25, -0.2) is 4.98 Å². The number of phenolic OH excluding ortho intramolecular Hbond substituents is 1. The second-order valence-corrected chi connectivity index (χ2v) is 6.39. The van der Waals surface area contributed by atoms with Gasteiger partial charge in [-0.3, -0.25) is 10.2 Å². The van der Waals surface area contributed by atoms with Crippen molar-refractivity contribution in [1.29, 1.82) is 0 Å². The van der Waals surface area contributed by atoms with Gasteiger partial charge >= 0.3 is 0 Å². The van der Waals surface area contributed by atoms with E-state index in [0.717, 1.165) is 0 Å². The Labute approximate surface area is 163 Å². The van der Waals surface area contributed by atoms with Crippen LogP contribution < -0.4 is 16.7 Å². The van der Waals surface area contributed by atoms with Crippen LogP contribution in [0.25, 0.3) is 11.0 Å². The molecule has 10 heteroatoms. The Morgan fingerprint density at radius 1 is 1.33 bits per heavy atom. The number of phenols is 1. The summed E-state index contributed by atoms with van der Waals surface area (Å²) in [6.45, 7) is 0. The van der Waals surface area contributed by atoms with E-state index < -0.39 is 11.7 Å². The van der Waals surface area contributed by atoms with E-state index in [1.54, 1.807) is 30.3 Å². The number of nitrogens with one attached hydrogen (secondary N) is 2. The molecule has 27 heavy (non-hydrogen) atoms. The third-order valence-electron chi connectivity index (χ3n) is 3.67. The fraction of sp³-hybridized carbons (Fsp3) is 0.0588. The molecule has 0 bridgehead atoms. The molecule has 0 saturated heterocycles. The van der Waals surface area contributed by atoms with Gasteiger partial charge in [-0.2, -0.15) is 5.10 Å². The molecule has 0 aliphatic carbocycles. The van der Waals surface area contributed by atoms with Crippen molar-refractivity contribution in [2.45, 2.75) is 6.10 Å². The molecule has 1 aromatic heterocycles. The Morgan fingerprint density at radius 3 is 2.78 bits per heavy atom. The molecule has 0 radical (unpaired) electrons. The van der Waals surface area contributed by atoms with Crippen LogP contribution in [-0.4, -0.2) is 31.0 Å². The molecule has 138 valence electrons. The maximum atomic E-state index is 12.5. The SMILES string of the molecule is NC(=S)N/N=C(\c1nc2ccc(Cl)cc2[nH]c1=O)C(O)c1ccccc1O. The molecule has 0 fully saturated rings. The third-order valence-corrected chi connectivity index (χ3v) is 4.00. The van der Waals surface area contributed by atoms with Gasteiger partial charge in [-0.15, -0.1) is 0 Å². The minimum atomic E-state index is -1.47. The van der Waals surface area contributed by atoms with Gasteiger partial charge in [0.15, 0.2) is 10.8 Å². The van der Waals surface area contributed by atoms with Gasteiger partial charge in [0.2, 0.25) is 0 Å². The number of fused-ring (bicyclic) bond motifs is 1. The van der Waals surface area contributed by atoms with E-state index in [9.17, 15) is 15.0 Å². The number of para-hydroxylation sites is 1. The van der Waals surface area contributed by atoms with Crippen LogP contribution in [0.5, 0.6) is 5.75 Å². The van der Waals surface area contributed by atoms with Crippen molar-refractivity contribution < 1.29 is 10.2 Å². The number of nitrogens with zero attached hydrogens (tertiary/aromatic N) is 2. The van der Waals surface area contributed by atoms with E-state index in [4.69, 9.17) is 29.6 Å². The summed E-state index contributed by atoms with van der Waals surface area (Å²) >= 11 is 10.7. The number of rotatable bonds is 4. The largest absolute Gasteiger partial charge is 0.508 e. The molecule has 0 aliphatic heterocycles. The molecule has 6 N–H and O–H groups in total. The van der Waals surface area contributed by atoms with Gasteiger partial charge in [0.05, 0.1) is 11.0 Å². The summed E-state index contributed by atoms with van der Waals surface area (Å²) in [5, 5.41) is 25.0. The standard InChI is InChI=1S/C17H14ClN5O3S/c18-8-5-6-10-11(7-8)21-16(26)14(20-10)13(22-23-17(19)27)15(25)9-3-1-2-4-12(9)24/h1-7,15,24-25H,(H,21,26)(H3,19,23,27)/b22-13+. The molecule has 3 aromatic rings. The molecule has 0 amide bonds. The Hall–Kier alpha value is -3.01. The lowest BCUT2D eigenvalue weighted by Crippen LogP contribution is -2.31. The molecule has 0 saturated carbocycles. The first-order valence-corrected chi connectivity index (χ1v) is 8.44. The van der Waals surface area contributed by atoms with Crippen LogP contribution in [0, 0.1) is 0 Å². The number of aliphatic hydroxyl groups is 1. The van der Waals surface area contributed by atoms with Crippen molar-refractivity contribution in [1.82, 2.24) is 15.4 Å². The van der Waals surface area contributed by atoms with E-state index in [2.05, 4.69) is 20.5 Å². The second-order valence-electron chi connectivity index (χ2n) is 5.51. The van der Waals surface area contributed by atoms with E-state index in [0.29, 0.717) is 16.1 Å². The summed E-state index contributed by atoms with van der Waals surface area (Å²) in [5.74, 6) is -0.169. The van der Waals surface area contributed by atoms with Gasteiger partial charge in [-0.1, -0.05) is 29.8 Å². The summed E-state index contributed by atoms with van der Waals surface area (Å²) in [6, 6.07) is 10.9. The highest BCUT2D eigenvalue weighted by molar-refractivity contribution is 7.80. The van der Waals surface area contributed by atoms with Crippen LogP contribution in [0.15, 0.2) is 52.4 Å². The average molecular weight is 404 g/mol. The summed E-state index contributed by atoms with van der Waals surface area (Å²) in [5.41, 5.74) is 7.79. The zero-order valence-corrected chi connectivity index (χ0v) is 15.3. The van der Waals surface area contributed by atoms with Crippen molar-refractivity contribution in [3.63, 3.8) is 0 Å². The summed E-state index contributed by atoms with van der Waals surface area (Å²) in [4.78, 5) is 19.5. The number of hydrogen-bond donors (Lipinski definition) is 5. The normalized spacial score (nSPS) is 12.7. The lowest BCUT2D eigenvalue weighted by Gasteiger charge is -2.15. The Balaban J connectivity index is 2.18. The molecule has 1 atom stereocenters. The van der Waals surface area contributed by atoms with Crippen LogP contribution >= 0.6 is 23.8 Å². The predicted octanol–water partition coefficient (Wildman–Crippen LogP) is 1.55. The van der Waals surface area contributed by atoms with E-state index in [1.165, 1.54) is 12.1 Å². The Kier molecular flexibility index (Phi) is 5.36. The zero-order chi connectivity index (χ0) is 19.6. The average Bonchev–Trinajstić information content (AvgIpc) is 2.62. The monoisotopic (exact) mass is 403 g/mol. The Morgan fingerprint density at radius 2 is 2.07 bits per heavy atom. The molecule has 0 aliphatic rings. The number of benzene rings is 2. The number of aromatic amines is 1. The maximum absolute atomic E-state index is 12.5. The van der Waals surface area contributed by atoms with Crippen molar-refractivity contribution in [2.24, 2.45) is 10.8 Å². The molecule has 8 nitrogen and oxygen atoms in total. The van der Waals surface area contributed by atoms with Gasteiger partial charge < -0.3 is 20.9 Å². The second kappa shape index (κ2) is 7.70. The quantitative estimate of drug-likeness (QED) is 0.253. The van der Waals surface area contributed by atoms with Crippen LogP contribution in [0.1, 0.15) is 17.4 Å². The van der Waals surface area contributed by atoms with Crippen molar-refractivity contribution in [3.8, 4) is 5.75 Å². The van der Waals surface area contributed by atoms with Crippen LogP contribution in [-0.2, 0) is 0 Å². The number of halogens is 1. The van der Waals surface area contributed by atoms with Crippen molar-refractivity contribution in [3.05, 3.63) is 69.1 Å². The third kappa shape index (κ3) is 4.05. The lowest BCUT2D eigenvalue weighted by atomic mass is 10.0. The van der Waals surface area contributed by atoms with E-state index in [1.807, 2.05) is 0 Å². The molecule has 3 rings (SSSR count). The van der Waals surface area contributed by atoms with Crippen molar-refractivity contribution >= 4 is 45.7 Å². The van der Waals surface area contributed by atoms with Gasteiger partial charge in [0.25, 0.3) is 5.56 Å².